The summed E-state index contributed by atoms with van der Waals surface area (Å²) in [6.07, 6.45) is 0. The van der Waals surface area contributed by atoms with Crippen molar-refractivity contribution in [2.75, 3.05) is 6.61 Å². The summed E-state index contributed by atoms with van der Waals surface area (Å²) in [5.74, 6) is 0. The van der Waals surface area contributed by atoms with E-state index in [2.05, 4.69) is 62.4 Å². The first kappa shape index (κ1) is 15.2. The molecule has 0 bridgehead atoms. The molecular weight excluding hydrogens is 284 g/mol. The largest absolute Gasteiger partial charge is 0.391 e. The highest BCUT2D eigenvalue weighted by atomic mass is 32.2. The minimum absolute atomic E-state index is 0.0669. The molecule has 2 aromatic rings. The second-order valence-electron chi connectivity index (χ2n) is 4.59. The van der Waals surface area contributed by atoms with Crippen molar-refractivity contribution < 1.29 is 5.11 Å². The van der Waals surface area contributed by atoms with Crippen molar-refractivity contribution in [1.29, 1.82) is 0 Å². The van der Waals surface area contributed by atoms with Crippen LogP contribution >= 0.6 is 23.5 Å². The zero-order chi connectivity index (χ0) is 14.4. The van der Waals surface area contributed by atoms with Gasteiger partial charge >= 0.3 is 0 Å². The topological polar surface area (TPSA) is 20.2 Å². The highest BCUT2D eigenvalue weighted by Gasteiger charge is 2.00. The van der Waals surface area contributed by atoms with E-state index in [1.807, 2.05) is 5.41 Å². The van der Waals surface area contributed by atoms with Crippen molar-refractivity contribution in [1.82, 2.24) is 0 Å². The predicted molar refractivity (Wildman–Crippen MR) is 89.2 cm³/mol. The van der Waals surface area contributed by atoms with E-state index in [1.54, 1.807) is 23.5 Å². The minimum atomic E-state index is 0.0669. The van der Waals surface area contributed by atoms with Crippen molar-refractivity contribution in [3.8, 4) is 0 Å². The number of benzene rings is 2. The average molecular weight is 302 g/mol. The molecule has 0 fully saturated rings. The molecule has 0 saturated carbocycles. The summed E-state index contributed by atoms with van der Waals surface area (Å²) in [7, 11) is 0. The third kappa shape index (κ3) is 4.75. The maximum Gasteiger partial charge on any atom is 0.0749 e. The Morgan fingerprint density at radius 3 is 1.90 bits per heavy atom. The van der Waals surface area contributed by atoms with Crippen molar-refractivity contribution >= 4 is 23.5 Å². The van der Waals surface area contributed by atoms with Crippen LogP contribution in [-0.2, 0) is 0 Å². The van der Waals surface area contributed by atoms with Crippen LogP contribution in [0.25, 0.3) is 0 Å². The Balaban J connectivity index is 2.02. The molecule has 2 aromatic carbocycles. The van der Waals surface area contributed by atoms with Crippen LogP contribution in [-0.4, -0.2) is 11.7 Å². The zero-order valence-electron chi connectivity index (χ0n) is 11.7. The third-order valence-corrected chi connectivity index (χ3v) is 4.89. The van der Waals surface area contributed by atoms with Gasteiger partial charge in [0.15, 0.2) is 0 Å². The average Bonchev–Trinajstić information content (AvgIpc) is 2.47. The summed E-state index contributed by atoms with van der Waals surface area (Å²) in [5, 5.41) is 11.5. The molecule has 0 aromatic heterocycles. The van der Waals surface area contributed by atoms with Gasteiger partial charge in [-0.3, -0.25) is 0 Å². The van der Waals surface area contributed by atoms with Gasteiger partial charge in [0.2, 0.25) is 0 Å². The van der Waals surface area contributed by atoms with Crippen LogP contribution < -0.4 is 0 Å². The Hall–Kier alpha value is -1.16. The summed E-state index contributed by atoms with van der Waals surface area (Å²) in [4.78, 5) is 3.30. The van der Waals surface area contributed by atoms with Crippen LogP contribution in [0.15, 0.2) is 68.6 Å². The molecule has 0 amide bonds. The highest BCUT2D eigenvalue weighted by Crippen LogP contribution is 2.30. The van der Waals surface area contributed by atoms with E-state index >= 15 is 0 Å². The SMILES string of the molecule is Cc1ccc(S/C=C(/CO)Sc2ccc(C)cc2)cc1. The molecule has 1 N–H and O–H groups in total. The van der Waals surface area contributed by atoms with Crippen LogP contribution in [0, 0.1) is 13.8 Å². The zero-order valence-corrected chi connectivity index (χ0v) is 13.3. The summed E-state index contributed by atoms with van der Waals surface area (Å²) in [6, 6.07) is 16.7. The van der Waals surface area contributed by atoms with Gasteiger partial charge in [0.05, 0.1) is 6.61 Å². The fraction of sp³-hybridized carbons (Fsp3) is 0.176. The first-order valence-electron chi connectivity index (χ1n) is 6.45. The number of aryl methyl sites for hydroxylation is 2. The normalized spacial score (nSPS) is 11.7. The Morgan fingerprint density at radius 1 is 0.900 bits per heavy atom. The third-order valence-electron chi connectivity index (χ3n) is 2.77. The van der Waals surface area contributed by atoms with E-state index < -0.39 is 0 Å². The molecule has 20 heavy (non-hydrogen) atoms. The van der Waals surface area contributed by atoms with E-state index in [-0.39, 0.29) is 6.61 Å². The number of rotatable bonds is 5. The second kappa shape index (κ2) is 7.58. The maximum absolute atomic E-state index is 9.46. The molecule has 0 unspecified atom stereocenters. The van der Waals surface area contributed by atoms with Gasteiger partial charge in [-0.05, 0) is 43.5 Å². The van der Waals surface area contributed by atoms with Gasteiger partial charge in [-0.1, -0.05) is 58.9 Å². The molecular formula is C17H18OS2. The van der Waals surface area contributed by atoms with E-state index in [4.69, 9.17) is 0 Å². The van der Waals surface area contributed by atoms with Gasteiger partial charge in [0.1, 0.15) is 0 Å². The molecule has 3 heteroatoms. The first-order chi connectivity index (χ1) is 9.67. The van der Waals surface area contributed by atoms with E-state index in [0.29, 0.717) is 0 Å². The lowest BCUT2D eigenvalue weighted by molar-refractivity contribution is 0.340. The monoisotopic (exact) mass is 302 g/mol. The lowest BCUT2D eigenvalue weighted by Crippen LogP contribution is -1.85. The number of hydrogen-bond donors (Lipinski definition) is 1. The molecule has 0 aliphatic carbocycles. The molecule has 0 aliphatic rings. The van der Waals surface area contributed by atoms with E-state index in [9.17, 15) is 5.11 Å². The van der Waals surface area contributed by atoms with Gasteiger partial charge in [-0.2, -0.15) is 0 Å². The molecule has 104 valence electrons. The van der Waals surface area contributed by atoms with Crippen LogP contribution in [0.5, 0.6) is 0 Å². The van der Waals surface area contributed by atoms with Gasteiger partial charge in [0.25, 0.3) is 0 Å². The summed E-state index contributed by atoms with van der Waals surface area (Å²) in [6.45, 7) is 4.22. The summed E-state index contributed by atoms with van der Waals surface area (Å²) in [5.41, 5.74) is 2.51. The van der Waals surface area contributed by atoms with E-state index in [1.165, 1.54) is 16.0 Å². The second-order valence-corrected chi connectivity index (χ2v) is 6.73. The molecule has 0 saturated heterocycles. The number of hydrogen-bond acceptors (Lipinski definition) is 3. The fourth-order valence-electron chi connectivity index (χ4n) is 1.60. The highest BCUT2D eigenvalue weighted by molar-refractivity contribution is 8.06. The lowest BCUT2D eigenvalue weighted by atomic mass is 10.2. The van der Waals surface area contributed by atoms with Crippen LogP contribution in [0.3, 0.4) is 0 Å². The molecule has 1 nitrogen and oxygen atoms in total. The Kier molecular flexibility index (Phi) is 5.77. The van der Waals surface area contributed by atoms with Crippen LogP contribution in [0.2, 0.25) is 0 Å². The van der Waals surface area contributed by atoms with Crippen molar-refractivity contribution in [3.63, 3.8) is 0 Å². The molecule has 0 radical (unpaired) electrons. The number of aliphatic hydroxyl groups excluding tert-OH is 1. The fourth-order valence-corrected chi connectivity index (χ4v) is 3.21. The number of thioether (sulfide) groups is 2. The number of aliphatic hydroxyl groups is 1. The molecule has 2 rings (SSSR count). The van der Waals surface area contributed by atoms with Gasteiger partial charge in [0, 0.05) is 14.7 Å². The quantitative estimate of drug-likeness (QED) is 0.783. The smallest absolute Gasteiger partial charge is 0.0749 e. The van der Waals surface area contributed by atoms with Gasteiger partial charge < -0.3 is 5.11 Å². The van der Waals surface area contributed by atoms with Crippen molar-refractivity contribution in [2.45, 2.75) is 23.6 Å². The van der Waals surface area contributed by atoms with E-state index in [0.717, 1.165) is 9.80 Å². The lowest BCUT2D eigenvalue weighted by Gasteiger charge is -2.05. The first-order valence-corrected chi connectivity index (χ1v) is 8.15. The van der Waals surface area contributed by atoms with Crippen LogP contribution in [0.4, 0.5) is 0 Å². The summed E-state index contributed by atoms with van der Waals surface area (Å²) < 4.78 is 0. The Labute approximate surface area is 129 Å². The summed E-state index contributed by atoms with van der Waals surface area (Å²) >= 11 is 3.25. The molecule has 0 heterocycles. The molecule has 0 atom stereocenters. The predicted octanol–water partition coefficient (Wildman–Crippen LogP) is 5.02. The van der Waals surface area contributed by atoms with Gasteiger partial charge in [-0.25, -0.2) is 0 Å². The minimum Gasteiger partial charge on any atom is -0.391 e. The van der Waals surface area contributed by atoms with Gasteiger partial charge in [-0.15, -0.1) is 0 Å². The van der Waals surface area contributed by atoms with Crippen molar-refractivity contribution in [3.05, 3.63) is 70.0 Å². The molecule has 0 aliphatic heterocycles. The van der Waals surface area contributed by atoms with Crippen molar-refractivity contribution in [2.24, 2.45) is 0 Å². The standard InChI is InChI=1S/C17H18OS2/c1-13-3-7-15(8-4-13)19-12-17(11-18)20-16-9-5-14(2)6-10-16/h3-10,12,18H,11H2,1-2H3/b17-12-. The Bertz CT molecular complexity index is 571. The maximum atomic E-state index is 9.46. The molecule has 0 spiro atoms. The Morgan fingerprint density at radius 2 is 1.40 bits per heavy atom. The van der Waals surface area contributed by atoms with Crippen LogP contribution in [0.1, 0.15) is 11.1 Å².